The fourth-order valence-electron chi connectivity index (χ4n) is 3.98. The highest BCUT2D eigenvalue weighted by atomic mass is 17.0. The zero-order chi connectivity index (χ0) is 17.5. The molecule has 0 amide bonds. The largest absolute Gasteiger partial charge is 0.579 e. The Morgan fingerprint density at radius 1 is 1.04 bits per heavy atom. The summed E-state index contributed by atoms with van der Waals surface area (Å²) in [6.07, 6.45) is 0. The lowest BCUT2D eigenvalue weighted by atomic mass is 9.62. The highest BCUT2D eigenvalue weighted by molar-refractivity contribution is 5.38. The van der Waals surface area contributed by atoms with Gasteiger partial charge in [-0.3, -0.25) is 30.3 Å². The first-order chi connectivity index (χ1) is 10.5. The van der Waals surface area contributed by atoms with E-state index in [1.54, 1.807) is 6.92 Å². The van der Waals surface area contributed by atoms with E-state index in [1.165, 1.54) is 20.8 Å². The standard InChI is InChI=1S/C11H14N4O8/c1-5-6(2)9(3)10(4)8(12(16)17)7(5)11(13(18)19,14(20)21)15(22-9)23-10/h7-8H,1-4H3/t7-,8+,9+,10-/m0/s1. The Labute approximate surface area is 129 Å². The van der Waals surface area contributed by atoms with Crippen LogP contribution in [0.25, 0.3) is 0 Å². The molecule has 3 bridgehead atoms. The van der Waals surface area contributed by atoms with Crippen molar-refractivity contribution >= 4 is 0 Å². The molecule has 0 aromatic heterocycles. The second kappa shape index (κ2) is 4.01. The van der Waals surface area contributed by atoms with Gasteiger partial charge in [-0.25, -0.2) is 9.68 Å². The van der Waals surface area contributed by atoms with Gasteiger partial charge in [0.05, 0.1) is 5.23 Å². The molecular weight excluding hydrogens is 316 g/mol. The average Bonchev–Trinajstić information content (AvgIpc) is 2.62. The van der Waals surface area contributed by atoms with Crippen LogP contribution in [0.2, 0.25) is 0 Å². The second-order valence-corrected chi connectivity index (χ2v) is 6.30. The number of hydroxylamine groups is 2. The van der Waals surface area contributed by atoms with Crippen molar-refractivity contribution in [2.75, 3.05) is 0 Å². The summed E-state index contributed by atoms with van der Waals surface area (Å²) >= 11 is 0. The van der Waals surface area contributed by atoms with Gasteiger partial charge in [0.25, 0.3) is 6.04 Å². The van der Waals surface area contributed by atoms with Crippen molar-refractivity contribution < 1.29 is 24.4 Å². The van der Waals surface area contributed by atoms with E-state index in [1.807, 2.05) is 0 Å². The Kier molecular flexibility index (Phi) is 2.74. The molecule has 0 spiro atoms. The summed E-state index contributed by atoms with van der Waals surface area (Å²) in [6.45, 7) is 5.87. The van der Waals surface area contributed by atoms with E-state index in [9.17, 15) is 30.3 Å². The van der Waals surface area contributed by atoms with Crippen LogP contribution in [0.3, 0.4) is 0 Å². The van der Waals surface area contributed by atoms with E-state index < -0.39 is 43.7 Å². The molecule has 2 saturated heterocycles. The molecule has 2 aliphatic heterocycles. The van der Waals surface area contributed by atoms with Crippen molar-refractivity contribution in [3.05, 3.63) is 41.5 Å². The van der Waals surface area contributed by atoms with E-state index in [4.69, 9.17) is 9.68 Å². The minimum atomic E-state index is -3.11. The van der Waals surface area contributed by atoms with Gasteiger partial charge in [0.2, 0.25) is 5.92 Å². The van der Waals surface area contributed by atoms with Crippen LogP contribution < -0.4 is 0 Å². The molecule has 12 heteroatoms. The Morgan fingerprint density at radius 2 is 1.57 bits per heavy atom. The Bertz CT molecular complexity index is 678. The van der Waals surface area contributed by atoms with Crippen LogP contribution in [-0.4, -0.2) is 43.0 Å². The highest BCUT2D eigenvalue weighted by Crippen LogP contribution is 2.62. The Balaban J connectivity index is 2.43. The van der Waals surface area contributed by atoms with E-state index in [2.05, 4.69) is 0 Å². The van der Waals surface area contributed by atoms with Gasteiger partial charge in [-0.1, -0.05) is 0 Å². The number of fused-ring (bicyclic) bond motifs is 2. The zero-order valence-electron chi connectivity index (χ0n) is 12.7. The fraction of sp³-hybridized carbons (Fsp3) is 0.818. The fourth-order valence-corrected chi connectivity index (χ4v) is 3.98. The van der Waals surface area contributed by atoms with Gasteiger partial charge in [0, 0.05) is 4.92 Å². The monoisotopic (exact) mass is 330 g/mol. The van der Waals surface area contributed by atoms with Gasteiger partial charge in [-0.15, -0.1) is 0 Å². The zero-order valence-corrected chi connectivity index (χ0v) is 12.7. The van der Waals surface area contributed by atoms with E-state index in [0.29, 0.717) is 5.57 Å². The van der Waals surface area contributed by atoms with Crippen LogP contribution >= 0.6 is 0 Å². The Morgan fingerprint density at radius 3 is 2.00 bits per heavy atom. The molecule has 2 heterocycles. The molecular formula is C11H14N4O8. The maximum Gasteiger partial charge on any atom is 0.579 e. The number of nitrogens with zero attached hydrogens (tertiary/aromatic N) is 4. The molecule has 0 radical (unpaired) electrons. The Hall–Kier alpha value is -2.18. The third-order valence-electron chi connectivity index (χ3n) is 5.59. The topological polar surface area (TPSA) is 151 Å². The first kappa shape index (κ1) is 15.7. The maximum absolute atomic E-state index is 11.6. The lowest BCUT2D eigenvalue weighted by Crippen LogP contribution is -2.75. The smallest absolute Gasteiger partial charge is 0.264 e. The van der Waals surface area contributed by atoms with E-state index >= 15 is 0 Å². The van der Waals surface area contributed by atoms with Gasteiger partial charge < -0.3 is 0 Å². The first-order valence-electron chi connectivity index (χ1n) is 6.75. The molecule has 0 aromatic carbocycles. The summed E-state index contributed by atoms with van der Waals surface area (Å²) in [5.74, 6) is -4.74. The molecule has 126 valence electrons. The molecule has 23 heavy (non-hydrogen) atoms. The van der Waals surface area contributed by atoms with Crippen molar-refractivity contribution in [1.82, 2.24) is 5.23 Å². The van der Waals surface area contributed by atoms with Crippen LogP contribution in [0.15, 0.2) is 11.1 Å². The van der Waals surface area contributed by atoms with Crippen molar-refractivity contribution in [3.63, 3.8) is 0 Å². The highest BCUT2D eigenvalue weighted by Gasteiger charge is 2.91. The van der Waals surface area contributed by atoms with Crippen molar-refractivity contribution in [1.29, 1.82) is 0 Å². The van der Waals surface area contributed by atoms with Gasteiger partial charge in [0.15, 0.2) is 5.60 Å². The molecule has 1 unspecified atom stereocenters. The van der Waals surface area contributed by atoms with Crippen LogP contribution in [0.4, 0.5) is 0 Å². The molecule has 5 atom stereocenters. The van der Waals surface area contributed by atoms with Gasteiger partial charge in [-0.2, -0.15) is 0 Å². The molecule has 12 nitrogen and oxygen atoms in total. The predicted octanol–water partition coefficient (Wildman–Crippen LogP) is 0.515. The van der Waals surface area contributed by atoms with Crippen LogP contribution in [0.1, 0.15) is 27.7 Å². The van der Waals surface area contributed by atoms with Crippen LogP contribution in [-0.2, 0) is 9.68 Å². The van der Waals surface area contributed by atoms with Gasteiger partial charge in [-0.05, 0) is 38.8 Å². The maximum atomic E-state index is 11.6. The summed E-state index contributed by atoms with van der Waals surface area (Å²) in [5, 5.41) is 35.2. The lowest BCUT2D eigenvalue weighted by Gasteiger charge is -2.46. The minimum Gasteiger partial charge on any atom is -0.264 e. The summed E-state index contributed by atoms with van der Waals surface area (Å²) in [7, 11) is 0. The summed E-state index contributed by atoms with van der Waals surface area (Å²) in [5.41, 5.74) is -2.36. The van der Waals surface area contributed by atoms with Gasteiger partial charge >= 0.3 is 5.79 Å². The molecule has 3 rings (SSSR count). The summed E-state index contributed by atoms with van der Waals surface area (Å²) in [6, 6.07) is -1.70. The third kappa shape index (κ3) is 1.33. The van der Waals surface area contributed by atoms with E-state index in [0.717, 1.165) is 0 Å². The average molecular weight is 330 g/mol. The lowest BCUT2D eigenvalue weighted by molar-refractivity contribution is -0.879. The van der Waals surface area contributed by atoms with E-state index in [-0.39, 0.29) is 10.8 Å². The number of hydrogen-bond donors (Lipinski definition) is 0. The summed E-state index contributed by atoms with van der Waals surface area (Å²) in [4.78, 5) is 42.5. The molecule has 0 N–H and O–H groups in total. The van der Waals surface area contributed by atoms with Crippen LogP contribution in [0, 0.1) is 36.3 Å². The second-order valence-electron chi connectivity index (χ2n) is 6.30. The quantitative estimate of drug-likeness (QED) is 0.312. The first-order valence-corrected chi connectivity index (χ1v) is 6.75. The van der Waals surface area contributed by atoms with Crippen molar-refractivity contribution in [2.45, 2.75) is 50.7 Å². The predicted molar refractivity (Wildman–Crippen MR) is 70.2 cm³/mol. The molecule has 0 aromatic rings. The van der Waals surface area contributed by atoms with Crippen molar-refractivity contribution in [3.8, 4) is 0 Å². The third-order valence-corrected chi connectivity index (χ3v) is 5.59. The van der Waals surface area contributed by atoms with Gasteiger partial charge in [0.1, 0.15) is 15.4 Å². The summed E-state index contributed by atoms with van der Waals surface area (Å²) < 4.78 is 0. The number of nitro groups is 3. The number of hydrogen-bond acceptors (Lipinski definition) is 9. The molecule has 0 saturated carbocycles. The molecule has 2 fully saturated rings. The SMILES string of the molecule is CC1=C(C)[C@@]2(C)ON3O[C@@]2(C)[C@H]([N+](=O)[O-])[C@H]1C3([N+](=O)[O-])[N+](=O)[O-]. The normalized spacial score (nSPS) is 43.6. The minimum absolute atomic E-state index is 0.200. The molecule has 3 aliphatic rings. The number of rotatable bonds is 3. The van der Waals surface area contributed by atoms with Crippen LogP contribution in [0.5, 0.6) is 0 Å². The molecule has 1 aliphatic carbocycles. The van der Waals surface area contributed by atoms with Crippen molar-refractivity contribution in [2.24, 2.45) is 5.92 Å².